The summed E-state index contributed by atoms with van der Waals surface area (Å²) in [5.74, 6) is 0.479. The van der Waals surface area contributed by atoms with Crippen molar-refractivity contribution >= 4 is 5.91 Å². The third-order valence-corrected chi connectivity index (χ3v) is 3.87. The van der Waals surface area contributed by atoms with E-state index in [-0.39, 0.29) is 5.91 Å². The molecule has 2 N–H and O–H groups in total. The second-order valence-electron chi connectivity index (χ2n) is 5.43. The molecule has 3 rings (SSSR count). The van der Waals surface area contributed by atoms with Gasteiger partial charge in [0.15, 0.2) is 0 Å². The lowest BCUT2D eigenvalue weighted by Gasteiger charge is -2.13. The Morgan fingerprint density at radius 1 is 1.23 bits per heavy atom. The molecule has 22 heavy (non-hydrogen) atoms. The quantitative estimate of drug-likeness (QED) is 0.830. The van der Waals surface area contributed by atoms with Crippen LogP contribution in [0.25, 0.3) is 11.4 Å². The number of hydrogen-bond donors (Lipinski definition) is 2. The first-order valence-electron chi connectivity index (χ1n) is 7.63. The van der Waals surface area contributed by atoms with E-state index >= 15 is 0 Å². The van der Waals surface area contributed by atoms with Gasteiger partial charge < -0.3 is 5.32 Å². The highest BCUT2D eigenvalue weighted by Crippen LogP contribution is 2.19. The van der Waals surface area contributed by atoms with E-state index in [9.17, 15) is 4.79 Å². The molecule has 1 heterocycles. The van der Waals surface area contributed by atoms with Crippen molar-refractivity contribution in [3.05, 3.63) is 41.5 Å². The number of benzene rings is 1. The van der Waals surface area contributed by atoms with Crippen LogP contribution >= 0.6 is 0 Å². The zero-order valence-corrected chi connectivity index (χ0v) is 12.4. The van der Waals surface area contributed by atoms with Gasteiger partial charge in [-0.3, -0.25) is 4.79 Å². The molecule has 1 aromatic carbocycles. The van der Waals surface area contributed by atoms with Gasteiger partial charge in [0, 0.05) is 17.7 Å². The van der Waals surface area contributed by atoms with Crippen LogP contribution in [0.3, 0.4) is 0 Å². The summed E-state index contributed by atoms with van der Waals surface area (Å²) in [6.45, 7) is 0.692. The van der Waals surface area contributed by atoms with Crippen LogP contribution in [0.4, 0.5) is 0 Å². The standard InChI is InChI=1S/C16H19N5O/c22-16(17-11-10-12-4-2-1-3-5-12)14-8-6-13(7-9-14)15-18-20-21-19-15/h4,6-9H,1-3,5,10-11H2,(H,17,22)(H,18,19,20,21). The van der Waals surface area contributed by atoms with E-state index in [0.717, 1.165) is 12.0 Å². The Hall–Kier alpha value is -2.50. The van der Waals surface area contributed by atoms with E-state index in [1.54, 1.807) is 12.1 Å². The number of hydrogen-bond acceptors (Lipinski definition) is 4. The lowest BCUT2D eigenvalue weighted by molar-refractivity contribution is 0.0954. The van der Waals surface area contributed by atoms with Gasteiger partial charge in [0.05, 0.1) is 0 Å². The van der Waals surface area contributed by atoms with Crippen LogP contribution in [-0.2, 0) is 0 Å². The summed E-state index contributed by atoms with van der Waals surface area (Å²) in [7, 11) is 0. The molecular formula is C16H19N5O. The van der Waals surface area contributed by atoms with E-state index < -0.39 is 0 Å². The smallest absolute Gasteiger partial charge is 0.251 e. The van der Waals surface area contributed by atoms with Crippen molar-refractivity contribution in [3.63, 3.8) is 0 Å². The van der Waals surface area contributed by atoms with Crippen LogP contribution < -0.4 is 5.32 Å². The number of carbonyl (C=O) groups is 1. The fourth-order valence-electron chi connectivity index (χ4n) is 2.63. The maximum Gasteiger partial charge on any atom is 0.251 e. The highest BCUT2D eigenvalue weighted by atomic mass is 16.1. The molecular weight excluding hydrogens is 278 g/mol. The Bertz CT molecular complexity index is 646. The van der Waals surface area contributed by atoms with Gasteiger partial charge >= 0.3 is 0 Å². The van der Waals surface area contributed by atoms with Crippen molar-refractivity contribution in [2.75, 3.05) is 6.54 Å². The zero-order chi connectivity index (χ0) is 15.2. The number of carbonyl (C=O) groups excluding carboxylic acids is 1. The predicted molar refractivity (Wildman–Crippen MR) is 83.1 cm³/mol. The highest BCUT2D eigenvalue weighted by molar-refractivity contribution is 5.94. The van der Waals surface area contributed by atoms with Crippen LogP contribution in [0.1, 0.15) is 42.5 Å². The van der Waals surface area contributed by atoms with Crippen molar-refractivity contribution < 1.29 is 4.79 Å². The van der Waals surface area contributed by atoms with Gasteiger partial charge in [-0.1, -0.05) is 23.8 Å². The molecule has 1 aromatic heterocycles. The molecule has 1 amide bonds. The van der Waals surface area contributed by atoms with Gasteiger partial charge in [0.2, 0.25) is 5.82 Å². The van der Waals surface area contributed by atoms with Crippen molar-refractivity contribution in [2.24, 2.45) is 0 Å². The normalized spacial score (nSPS) is 14.5. The second-order valence-corrected chi connectivity index (χ2v) is 5.43. The van der Waals surface area contributed by atoms with Crippen molar-refractivity contribution in [2.45, 2.75) is 32.1 Å². The van der Waals surface area contributed by atoms with E-state index in [0.29, 0.717) is 17.9 Å². The Balaban J connectivity index is 1.52. The predicted octanol–water partition coefficient (Wildman–Crippen LogP) is 2.49. The number of nitrogens with zero attached hydrogens (tertiary/aromatic N) is 3. The highest BCUT2D eigenvalue weighted by Gasteiger charge is 2.08. The topological polar surface area (TPSA) is 83.6 Å². The number of nitrogens with one attached hydrogen (secondary N) is 2. The Kier molecular flexibility index (Phi) is 4.58. The zero-order valence-electron chi connectivity index (χ0n) is 12.4. The third-order valence-electron chi connectivity index (χ3n) is 3.87. The monoisotopic (exact) mass is 297 g/mol. The first-order chi connectivity index (χ1) is 10.8. The number of allylic oxidation sites excluding steroid dienone is 1. The fraction of sp³-hybridized carbons (Fsp3) is 0.375. The minimum atomic E-state index is -0.0453. The minimum absolute atomic E-state index is 0.0453. The summed E-state index contributed by atoms with van der Waals surface area (Å²) >= 11 is 0. The number of aromatic nitrogens is 4. The number of aromatic amines is 1. The third kappa shape index (κ3) is 3.58. The van der Waals surface area contributed by atoms with E-state index in [1.807, 2.05) is 12.1 Å². The van der Waals surface area contributed by atoms with Crippen LogP contribution in [0, 0.1) is 0 Å². The maximum absolute atomic E-state index is 12.1. The van der Waals surface area contributed by atoms with Crippen LogP contribution in [0.2, 0.25) is 0 Å². The summed E-state index contributed by atoms with van der Waals surface area (Å²) in [6, 6.07) is 7.20. The largest absolute Gasteiger partial charge is 0.352 e. The molecule has 0 saturated heterocycles. The SMILES string of the molecule is O=C(NCCC1=CCCCC1)c1ccc(-c2nn[nH]n2)cc1. The van der Waals surface area contributed by atoms with Crippen molar-refractivity contribution in [1.29, 1.82) is 0 Å². The Labute approximate surface area is 129 Å². The average molecular weight is 297 g/mol. The molecule has 0 radical (unpaired) electrons. The number of H-pyrrole nitrogens is 1. The Morgan fingerprint density at radius 2 is 2.09 bits per heavy atom. The van der Waals surface area contributed by atoms with Gasteiger partial charge in [-0.05, 0) is 49.5 Å². The molecule has 6 nitrogen and oxygen atoms in total. The molecule has 0 aliphatic heterocycles. The molecule has 0 bridgehead atoms. The lowest BCUT2D eigenvalue weighted by atomic mass is 9.97. The molecule has 0 spiro atoms. The van der Waals surface area contributed by atoms with Gasteiger partial charge in [0.25, 0.3) is 5.91 Å². The number of tetrazole rings is 1. The summed E-state index contributed by atoms with van der Waals surface area (Å²) in [5, 5.41) is 16.7. The second kappa shape index (κ2) is 6.98. The molecule has 0 atom stereocenters. The van der Waals surface area contributed by atoms with Crippen LogP contribution in [0.15, 0.2) is 35.9 Å². The van der Waals surface area contributed by atoms with Gasteiger partial charge in [-0.2, -0.15) is 5.21 Å². The maximum atomic E-state index is 12.1. The van der Waals surface area contributed by atoms with E-state index in [2.05, 4.69) is 32.0 Å². The summed E-state index contributed by atoms with van der Waals surface area (Å²) < 4.78 is 0. The van der Waals surface area contributed by atoms with Gasteiger partial charge in [-0.15, -0.1) is 10.2 Å². The van der Waals surface area contributed by atoms with Gasteiger partial charge in [-0.25, -0.2) is 0 Å². The summed E-state index contributed by atoms with van der Waals surface area (Å²) in [6.07, 6.45) is 8.19. The van der Waals surface area contributed by atoms with Crippen molar-refractivity contribution in [1.82, 2.24) is 25.9 Å². The van der Waals surface area contributed by atoms with E-state index in [4.69, 9.17) is 0 Å². The first-order valence-corrected chi connectivity index (χ1v) is 7.63. The molecule has 1 aliphatic rings. The molecule has 0 unspecified atom stereocenters. The van der Waals surface area contributed by atoms with Gasteiger partial charge in [0.1, 0.15) is 0 Å². The van der Waals surface area contributed by atoms with E-state index in [1.165, 1.54) is 31.3 Å². The molecule has 2 aromatic rings. The van der Waals surface area contributed by atoms with Crippen molar-refractivity contribution in [3.8, 4) is 11.4 Å². The molecule has 0 fully saturated rings. The summed E-state index contributed by atoms with van der Waals surface area (Å²) in [4.78, 5) is 12.1. The summed E-state index contributed by atoms with van der Waals surface area (Å²) in [5.41, 5.74) is 2.95. The fourth-order valence-corrected chi connectivity index (χ4v) is 2.63. The number of rotatable bonds is 5. The van der Waals surface area contributed by atoms with Crippen LogP contribution in [-0.4, -0.2) is 33.1 Å². The minimum Gasteiger partial charge on any atom is -0.352 e. The lowest BCUT2D eigenvalue weighted by Crippen LogP contribution is -2.24. The number of amides is 1. The first kappa shape index (κ1) is 14.4. The molecule has 6 heteroatoms. The van der Waals surface area contributed by atoms with Crippen LogP contribution in [0.5, 0.6) is 0 Å². The Morgan fingerprint density at radius 3 is 2.77 bits per heavy atom. The molecule has 0 saturated carbocycles. The molecule has 114 valence electrons. The average Bonchev–Trinajstić information content (AvgIpc) is 3.10. The molecule has 1 aliphatic carbocycles.